The molecule has 4 nitrogen and oxygen atoms in total. The van der Waals surface area contributed by atoms with Crippen LogP contribution in [0.15, 0.2) is 6.33 Å². The van der Waals surface area contributed by atoms with Crippen molar-refractivity contribution in [3.05, 3.63) is 11.9 Å². The maximum absolute atomic E-state index is 4.62. The van der Waals surface area contributed by atoms with Gasteiger partial charge < -0.3 is 10.2 Å². The summed E-state index contributed by atoms with van der Waals surface area (Å²) >= 11 is 0. The van der Waals surface area contributed by atoms with Gasteiger partial charge in [-0.3, -0.25) is 0 Å². The van der Waals surface area contributed by atoms with Gasteiger partial charge in [-0.2, -0.15) is 0 Å². The van der Waals surface area contributed by atoms with E-state index in [0.29, 0.717) is 12.0 Å². The highest BCUT2D eigenvalue weighted by Gasteiger charge is 2.31. The van der Waals surface area contributed by atoms with Crippen molar-refractivity contribution in [2.45, 2.75) is 53.0 Å². The van der Waals surface area contributed by atoms with Crippen LogP contribution in [0.5, 0.6) is 0 Å². The molecule has 3 atom stereocenters. The zero-order valence-electron chi connectivity index (χ0n) is 13.5. The Kier molecular flexibility index (Phi) is 4.84. The molecule has 0 radical (unpaired) electrons. The Labute approximate surface area is 123 Å². The molecule has 2 heterocycles. The molecule has 4 heteroatoms. The van der Waals surface area contributed by atoms with E-state index in [4.69, 9.17) is 0 Å². The second-order valence-corrected chi connectivity index (χ2v) is 6.24. The van der Waals surface area contributed by atoms with Crippen LogP contribution in [0.1, 0.15) is 46.1 Å². The molecule has 0 aliphatic carbocycles. The zero-order valence-corrected chi connectivity index (χ0v) is 13.5. The van der Waals surface area contributed by atoms with Crippen molar-refractivity contribution in [1.82, 2.24) is 9.97 Å². The Hall–Kier alpha value is -1.32. The summed E-state index contributed by atoms with van der Waals surface area (Å²) in [5.74, 6) is 3.55. The van der Waals surface area contributed by atoms with Gasteiger partial charge in [0.25, 0.3) is 0 Å². The van der Waals surface area contributed by atoms with Crippen molar-refractivity contribution in [1.29, 1.82) is 0 Å². The maximum Gasteiger partial charge on any atom is 0.137 e. The van der Waals surface area contributed by atoms with Crippen LogP contribution in [0.3, 0.4) is 0 Å². The van der Waals surface area contributed by atoms with Gasteiger partial charge in [-0.1, -0.05) is 27.2 Å². The van der Waals surface area contributed by atoms with Gasteiger partial charge in [0.2, 0.25) is 0 Å². The van der Waals surface area contributed by atoms with Crippen LogP contribution in [0.2, 0.25) is 0 Å². The molecule has 2 rings (SSSR count). The first-order valence-corrected chi connectivity index (χ1v) is 7.86. The topological polar surface area (TPSA) is 41.1 Å². The van der Waals surface area contributed by atoms with Crippen LogP contribution in [-0.2, 0) is 6.42 Å². The Morgan fingerprint density at radius 3 is 2.70 bits per heavy atom. The lowest BCUT2D eigenvalue weighted by Crippen LogP contribution is -2.46. The third-order valence-corrected chi connectivity index (χ3v) is 4.53. The largest absolute Gasteiger partial charge is 0.373 e. The molecule has 1 aromatic rings. The summed E-state index contributed by atoms with van der Waals surface area (Å²) in [7, 11) is 1.94. The molecule has 0 amide bonds. The Bertz CT molecular complexity index is 446. The summed E-state index contributed by atoms with van der Waals surface area (Å²) in [6, 6.07) is 0.543. The number of nitrogens with one attached hydrogen (secondary N) is 1. The van der Waals surface area contributed by atoms with Gasteiger partial charge in [0.15, 0.2) is 0 Å². The lowest BCUT2D eigenvalue weighted by atomic mass is 9.85. The van der Waals surface area contributed by atoms with Crippen molar-refractivity contribution in [3.63, 3.8) is 0 Å². The first-order valence-electron chi connectivity index (χ1n) is 7.86. The minimum Gasteiger partial charge on any atom is -0.373 e. The minimum absolute atomic E-state index is 0.543. The van der Waals surface area contributed by atoms with E-state index in [2.05, 4.69) is 47.9 Å². The van der Waals surface area contributed by atoms with Crippen molar-refractivity contribution in [3.8, 4) is 0 Å². The van der Waals surface area contributed by atoms with Crippen molar-refractivity contribution >= 4 is 11.6 Å². The molecule has 1 saturated heterocycles. The molecule has 112 valence electrons. The number of anilines is 2. The second kappa shape index (κ2) is 6.42. The van der Waals surface area contributed by atoms with Crippen LogP contribution >= 0.6 is 0 Å². The van der Waals surface area contributed by atoms with Crippen molar-refractivity contribution in [2.24, 2.45) is 11.8 Å². The van der Waals surface area contributed by atoms with E-state index in [0.717, 1.165) is 36.9 Å². The van der Waals surface area contributed by atoms with Crippen molar-refractivity contribution in [2.75, 3.05) is 23.8 Å². The molecule has 0 bridgehead atoms. The van der Waals surface area contributed by atoms with E-state index in [-0.39, 0.29) is 0 Å². The van der Waals surface area contributed by atoms with Gasteiger partial charge in [0, 0.05) is 25.2 Å². The standard InChI is InChI=1S/C16H28N4/c1-6-7-14-15(17-5)18-10-19-16(14)20-9-11(2)8-12(3)13(20)4/h10-13H,6-9H2,1-5H3,(H,17,18,19). The fraction of sp³-hybridized carbons (Fsp3) is 0.750. The average molecular weight is 276 g/mol. The molecule has 1 fully saturated rings. The molecule has 0 spiro atoms. The maximum atomic E-state index is 4.62. The van der Waals surface area contributed by atoms with Crippen LogP contribution < -0.4 is 10.2 Å². The van der Waals surface area contributed by atoms with E-state index in [1.165, 1.54) is 12.0 Å². The van der Waals surface area contributed by atoms with E-state index in [1.54, 1.807) is 6.33 Å². The number of hydrogen-bond donors (Lipinski definition) is 1. The fourth-order valence-electron chi connectivity index (χ4n) is 3.34. The first-order chi connectivity index (χ1) is 9.58. The minimum atomic E-state index is 0.543. The van der Waals surface area contributed by atoms with Crippen LogP contribution in [0.4, 0.5) is 11.6 Å². The number of aromatic nitrogens is 2. The highest BCUT2D eigenvalue weighted by Crippen LogP contribution is 2.34. The quantitative estimate of drug-likeness (QED) is 0.915. The SMILES string of the molecule is CCCc1c(NC)ncnc1N1CC(C)CC(C)C1C. The number of piperidine rings is 1. The number of nitrogens with zero attached hydrogens (tertiary/aromatic N) is 3. The Balaban J connectivity index is 2.39. The normalized spacial score (nSPS) is 26.6. The smallest absolute Gasteiger partial charge is 0.137 e. The second-order valence-electron chi connectivity index (χ2n) is 6.24. The predicted molar refractivity (Wildman–Crippen MR) is 85.3 cm³/mol. The van der Waals surface area contributed by atoms with Gasteiger partial charge in [-0.15, -0.1) is 0 Å². The molecule has 1 N–H and O–H groups in total. The molecular formula is C16H28N4. The van der Waals surface area contributed by atoms with Crippen LogP contribution in [0, 0.1) is 11.8 Å². The van der Waals surface area contributed by atoms with Gasteiger partial charge in [-0.25, -0.2) is 9.97 Å². The molecule has 3 unspecified atom stereocenters. The van der Waals surface area contributed by atoms with Gasteiger partial charge in [0.1, 0.15) is 18.0 Å². The highest BCUT2D eigenvalue weighted by molar-refractivity contribution is 5.59. The molecule has 1 aliphatic rings. The summed E-state index contributed by atoms with van der Waals surface area (Å²) in [4.78, 5) is 11.5. The third kappa shape index (κ3) is 2.89. The summed E-state index contributed by atoms with van der Waals surface area (Å²) < 4.78 is 0. The molecular weight excluding hydrogens is 248 g/mol. The summed E-state index contributed by atoms with van der Waals surface area (Å²) in [5, 5.41) is 3.22. The van der Waals surface area contributed by atoms with E-state index < -0.39 is 0 Å². The van der Waals surface area contributed by atoms with Crippen molar-refractivity contribution < 1.29 is 0 Å². The zero-order chi connectivity index (χ0) is 14.7. The summed E-state index contributed by atoms with van der Waals surface area (Å²) in [6.07, 6.45) is 5.14. The number of rotatable bonds is 4. The fourth-order valence-corrected chi connectivity index (χ4v) is 3.34. The Morgan fingerprint density at radius 2 is 2.05 bits per heavy atom. The molecule has 0 aromatic carbocycles. The van der Waals surface area contributed by atoms with E-state index in [1.807, 2.05) is 7.05 Å². The predicted octanol–water partition coefficient (Wildman–Crippen LogP) is 3.34. The monoisotopic (exact) mass is 276 g/mol. The lowest BCUT2D eigenvalue weighted by Gasteiger charge is -2.42. The molecule has 1 aromatic heterocycles. The molecule has 1 aliphatic heterocycles. The first kappa shape index (κ1) is 15.1. The molecule has 0 saturated carbocycles. The van der Waals surface area contributed by atoms with E-state index >= 15 is 0 Å². The lowest BCUT2D eigenvalue weighted by molar-refractivity contribution is 0.295. The summed E-state index contributed by atoms with van der Waals surface area (Å²) in [5.41, 5.74) is 1.27. The third-order valence-electron chi connectivity index (χ3n) is 4.53. The summed E-state index contributed by atoms with van der Waals surface area (Å²) in [6.45, 7) is 10.3. The van der Waals surface area contributed by atoms with Gasteiger partial charge >= 0.3 is 0 Å². The van der Waals surface area contributed by atoms with Crippen LogP contribution in [0.25, 0.3) is 0 Å². The van der Waals surface area contributed by atoms with Crippen LogP contribution in [-0.4, -0.2) is 29.6 Å². The number of hydrogen-bond acceptors (Lipinski definition) is 4. The van der Waals surface area contributed by atoms with Gasteiger partial charge in [0.05, 0.1) is 0 Å². The molecule has 20 heavy (non-hydrogen) atoms. The average Bonchev–Trinajstić information content (AvgIpc) is 2.43. The van der Waals surface area contributed by atoms with E-state index in [9.17, 15) is 0 Å². The Morgan fingerprint density at radius 1 is 1.30 bits per heavy atom. The van der Waals surface area contributed by atoms with Gasteiger partial charge in [-0.05, 0) is 31.6 Å². The highest BCUT2D eigenvalue weighted by atomic mass is 15.2.